The molecule has 0 aliphatic heterocycles. The Labute approximate surface area is 159 Å². The maximum atomic E-state index is 13.2. The first-order valence-corrected chi connectivity index (χ1v) is 9.34. The van der Waals surface area contributed by atoms with Gasteiger partial charge < -0.3 is 9.88 Å². The average Bonchev–Trinajstić information content (AvgIpc) is 3.06. The predicted octanol–water partition coefficient (Wildman–Crippen LogP) is 4.28. The van der Waals surface area contributed by atoms with Crippen LogP contribution in [0.25, 0.3) is 11.4 Å². The monoisotopic (exact) mass is 388 g/mol. The minimum Gasteiger partial charge on any atom is -0.325 e. The summed E-state index contributed by atoms with van der Waals surface area (Å²) in [7, 11) is 0. The van der Waals surface area contributed by atoms with Crippen molar-refractivity contribution in [1.82, 2.24) is 14.8 Å². The van der Waals surface area contributed by atoms with Gasteiger partial charge in [0.25, 0.3) is 0 Å². The summed E-state index contributed by atoms with van der Waals surface area (Å²) in [6.45, 7) is 4.64. The molecule has 3 rings (SSSR count). The number of benzene rings is 2. The number of carbonyl (C=O) groups is 1. The number of amides is 1. The summed E-state index contributed by atoms with van der Waals surface area (Å²) in [5.41, 5.74) is 2.29. The fraction of sp³-hybridized carbons (Fsp3) is 0.211. The summed E-state index contributed by atoms with van der Waals surface area (Å²) in [6, 6.07) is 11.2. The van der Waals surface area contributed by atoms with Crippen LogP contribution in [0.5, 0.6) is 0 Å². The summed E-state index contributed by atoms with van der Waals surface area (Å²) < 4.78 is 28.1. The van der Waals surface area contributed by atoms with Crippen LogP contribution in [0.15, 0.2) is 47.6 Å². The van der Waals surface area contributed by atoms with Crippen LogP contribution >= 0.6 is 11.8 Å². The van der Waals surface area contributed by atoms with Crippen LogP contribution in [0.3, 0.4) is 0 Å². The Morgan fingerprint density at radius 3 is 2.67 bits per heavy atom. The van der Waals surface area contributed by atoms with E-state index in [0.717, 1.165) is 29.1 Å². The van der Waals surface area contributed by atoms with Crippen molar-refractivity contribution in [3.8, 4) is 11.4 Å². The zero-order valence-corrected chi connectivity index (χ0v) is 15.7. The van der Waals surface area contributed by atoms with Crippen molar-refractivity contribution >= 4 is 23.4 Å². The molecule has 27 heavy (non-hydrogen) atoms. The van der Waals surface area contributed by atoms with Crippen molar-refractivity contribution in [1.29, 1.82) is 0 Å². The van der Waals surface area contributed by atoms with Crippen LogP contribution in [0, 0.1) is 18.6 Å². The number of aromatic nitrogens is 3. The number of hydrogen-bond acceptors (Lipinski definition) is 4. The molecule has 0 fully saturated rings. The number of carbonyl (C=O) groups excluding carboxylic acids is 1. The van der Waals surface area contributed by atoms with Crippen molar-refractivity contribution in [2.75, 3.05) is 11.1 Å². The molecule has 0 saturated heterocycles. The van der Waals surface area contributed by atoms with Crippen molar-refractivity contribution in [3.05, 3.63) is 59.7 Å². The van der Waals surface area contributed by atoms with Gasteiger partial charge in [0.05, 0.1) is 5.75 Å². The lowest BCUT2D eigenvalue weighted by Gasteiger charge is -2.08. The molecule has 0 bridgehead atoms. The van der Waals surface area contributed by atoms with Crippen LogP contribution in [0.2, 0.25) is 0 Å². The molecule has 1 amide bonds. The molecule has 0 spiro atoms. The number of nitrogens with one attached hydrogen (secondary N) is 1. The molecule has 0 atom stereocenters. The SMILES string of the molecule is CCn1c(SCC(=O)Nc2ccc(F)c(F)c2)nnc1-c1cccc(C)c1. The van der Waals surface area contributed by atoms with Crippen molar-refractivity contribution < 1.29 is 13.6 Å². The Balaban J connectivity index is 1.69. The molecule has 0 saturated carbocycles. The molecule has 0 radical (unpaired) electrons. The van der Waals surface area contributed by atoms with Gasteiger partial charge in [0.2, 0.25) is 5.91 Å². The van der Waals surface area contributed by atoms with E-state index < -0.39 is 11.6 Å². The lowest BCUT2D eigenvalue weighted by molar-refractivity contribution is -0.113. The topological polar surface area (TPSA) is 59.8 Å². The molecule has 3 aromatic rings. The Hall–Kier alpha value is -2.74. The molecule has 0 unspecified atom stereocenters. The highest BCUT2D eigenvalue weighted by molar-refractivity contribution is 7.99. The highest BCUT2D eigenvalue weighted by Gasteiger charge is 2.15. The van der Waals surface area contributed by atoms with Gasteiger partial charge in [0, 0.05) is 23.9 Å². The third kappa shape index (κ3) is 4.51. The van der Waals surface area contributed by atoms with E-state index in [1.807, 2.05) is 42.7 Å². The van der Waals surface area contributed by atoms with Gasteiger partial charge in [0.15, 0.2) is 22.6 Å². The second-order valence-corrected chi connectivity index (χ2v) is 6.83. The third-order valence-electron chi connectivity index (χ3n) is 3.85. The van der Waals surface area contributed by atoms with Gasteiger partial charge in [-0.15, -0.1) is 10.2 Å². The van der Waals surface area contributed by atoms with Crippen LogP contribution in [-0.2, 0) is 11.3 Å². The van der Waals surface area contributed by atoms with Crippen molar-refractivity contribution in [3.63, 3.8) is 0 Å². The Morgan fingerprint density at radius 1 is 1.15 bits per heavy atom. The molecular weight excluding hydrogens is 370 g/mol. The zero-order chi connectivity index (χ0) is 19.4. The quantitative estimate of drug-likeness (QED) is 0.640. The van der Waals surface area contributed by atoms with E-state index in [4.69, 9.17) is 0 Å². The zero-order valence-electron chi connectivity index (χ0n) is 14.9. The van der Waals surface area contributed by atoms with Crippen LogP contribution in [0.1, 0.15) is 12.5 Å². The summed E-state index contributed by atoms with van der Waals surface area (Å²) in [6.07, 6.45) is 0. The Bertz CT molecular complexity index is 974. The lowest BCUT2D eigenvalue weighted by atomic mass is 10.1. The molecule has 8 heteroatoms. The molecule has 5 nitrogen and oxygen atoms in total. The van der Waals surface area contributed by atoms with Gasteiger partial charge in [0.1, 0.15) is 0 Å². The van der Waals surface area contributed by atoms with Crippen molar-refractivity contribution in [2.45, 2.75) is 25.5 Å². The second kappa shape index (κ2) is 8.30. The van der Waals surface area contributed by atoms with E-state index in [1.54, 1.807) is 0 Å². The highest BCUT2D eigenvalue weighted by Crippen LogP contribution is 2.24. The molecule has 0 aliphatic rings. The minimum atomic E-state index is -1.01. The molecule has 1 heterocycles. The van der Waals surface area contributed by atoms with Crippen LogP contribution in [0.4, 0.5) is 14.5 Å². The van der Waals surface area contributed by atoms with Crippen LogP contribution in [-0.4, -0.2) is 26.4 Å². The van der Waals surface area contributed by atoms with Gasteiger partial charge in [-0.05, 0) is 32.0 Å². The predicted molar refractivity (Wildman–Crippen MR) is 102 cm³/mol. The maximum absolute atomic E-state index is 13.2. The lowest BCUT2D eigenvalue weighted by Crippen LogP contribution is -2.15. The molecule has 140 valence electrons. The first-order valence-electron chi connectivity index (χ1n) is 8.36. The number of halogens is 2. The average molecular weight is 388 g/mol. The standard InChI is InChI=1S/C19H18F2N4OS/c1-3-25-18(13-6-4-5-12(2)9-13)23-24-19(25)27-11-17(26)22-14-7-8-15(20)16(21)10-14/h4-10H,3,11H2,1-2H3,(H,22,26). The first-order chi connectivity index (χ1) is 13.0. The van der Waals surface area contributed by atoms with E-state index >= 15 is 0 Å². The summed E-state index contributed by atoms with van der Waals surface area (Å²) >= 11 is 1.24. The fourth-order valence-corrected chi connectivity index (χ4v) is 3.38. The second-order valence-electron chi connectivity index (χ2n) is 5.89. The largest absolute Gasteiger partial charge is 0.325 e. The third-order valence-corrected chi connectivity index (χ3v) is 4.81. The van der Waals surface area contributed by atoms with E-state index in [9.17, 15) is 13.6 Å². The number of thioether (sulfide) groups is 1. The summed E-state index contributed by atoms with van der Waals surface area (Å²) in [5, 5.41) is 11.6. The van der Waals surface area contributed by atoms with Crippen molar-refractivity contribution in [2.24, 2.45) is 0 Å². The van der Waals surface area contributed by atoms with E-state index in [-0.39, 0.29) is 17.3 Å². The number of hydrogen-bond donors (Lipinski definition) is 1. The molecule has 0 aliphatic carbocycles. The fourth-order valence-electron chi connectivity index (χ4n) is 2.58. The molecule has 1 N–H and O–H groups in total. The number of nitrogens with zero attached hydrogens (tertiary/aromatic N) is 3. The summed E-state index contributed by atoms with van der Waals surface area (Å²) in [5.74, 6) is -1.49. The summed E-state index contributed by atoms with van der Waals surface area (Å²) in [4.78, 5) is 12.1. The first kappa shape index (κ1) is 19.0. The van der Waals surface area contributed by atoms with E-state index in [2.05, 4.69) is 15.5 Å². The Morgan fingerprint density at radius 2 is 1.96 bits per heavy atom. The van der Waals surface area contributed by atoms with Gasteiger partial charge in [-0.1, -0.05) is 35.5 Å². The van der Waals surface area contributed by atoms with Gasteiger partial charge >= 0.3 is 0 Å². The Kier molecular flexibility index (Phi) is 5.85. The van der Waals surface area contributed by atoms with Gasteiger partial charge in [-0.2, -0.15) is 0 Å². The maximum Gasteiger partial charge on any atom is 0.234 e. The van der Waals surface area contributed by atoms with E-state index in [1.165, 1.54) is 17.8 Å². The minimum absolute atomic E-state index is 0.0744. The molecule has 2 aromatic carbocycles. The molecule has 1 aromatic heterocycles. The van der Waals surface area contributed by atoms with Gasteiger partial charge in [-0.3, -0.25) is 4.79 Å². The van der Waals surface area contributed by atoms with Gasteiger partial charge in [-0.25, -0.2) is 8.78 Å². The van der Waals surface area contributed by atoms with Crippen LogP contribution < -0.4 is 5.32 Å². The number of anilines is 1. The normalized spacial score (nSPS) is 10.8. The number of aryl methyl sites for hydroxylation is 1. The van der Waals surface area contributed by atoms with E-state index in [0.29, 0.717) is 11.7 Å². The smallest absolute Gasteiger partial charge is 0.234 e. The molecular formula is C19H18F2N4OS. The highest BCUT2D eigenvalue weighted by atomic mass is 32.2. The number of rotatable bonds is 6.